The maximum Gasteiger partial charge on any atom is 0.234 e. The molecule has 4 rings (SSSR count). The average Bonchev–Trinajstić information content (AvgIpc) is 3.24. The summed E-state index contributed by atoms with van der Waals surface area (Å²) in [6.07, 6.45) is 4.34. The number of thioether (sulfide) groups is 1. The predicted octanol–water partition coefficient (Wildman–Crippen LogP) is 4.90. The van der Waals surface area contributed by atoms with Crippen LogP contribution in [0.25, 0.3) is 17.1 Å². The van der Waals surface area contributed by atoms with Crippen molar-refractivity contribution >= 4 is 17.7 Å². The number of hydrogen-bond acceptors (Lipinski definition) is 5. The van der Waals surface area contributed by atoms with Gasteiger partial charge in [-0.3, -0.25) is 9.36 Å². The second kappa shape index (κ2) is 9.53. The zero-order chi connectivity index (χ0) is 22.6. The molecule has 164 valence electrons. The summed E-state index contributed by atoms with van der Waals surface area (Å²) in [5, 5.41) is 21.4. The number of rotatable bonds is 6. The molecule has 1 heterocycles. The Labute approximate surface area is 190 Å². The average molecular weight is 450 g/mol. The van der Waals surface area contributed by atoms with E-state index in [0.717, 1.165) is 30.5 Å². The lowest BCUT2D eigenvalue weighted by Gasteiger charge is -2.32. The number of nitrogens with one attached hydrogen (secondary N) is 1. The summed E-state index contributed by atoms with van der Waals surface area (Å²) in [7, 11) is 0. The van der Waals surface area contributed by atoms with Crippen LogP contribution in [0.2, 0.25) is 0 Å². The third-order valence-electron chi connectivity index (χ3n) is 5.69. The monoisotopic (exact) mass is 449 g/mol. The van der Waals surface area contributed by atoms with Crippen LogP contribution >= 0.6 is 11.8 Å². The van der Waals surface area contributed by atoms with Gasteiger partial charge in [0, 0.05) is 11.3 Å². The standard InChI is InChI=1S/C24H24FN5OS/c1-17(22(31)27-24(16-26)14-6-3-7-15-24)32-23-29-28-21(18-10-12-19(25)13-11-18)30(23)20-8-4-2-5-9-20/h2,4-5,8-13,17H,3,6-7,14-15H2,1H3,(H,27,31). The summed E-state index contributed by atoms with van der Waals surface area (Å²) in [5.41, 5.74) is 0.779. The van der Waals surface area contributed by atoms with E-state index < -0.39 is 10.8 Å². The van der Waals surface area contributed by atoms with E-state index in [2.05, 4.69) is 21.6 Å². The number of halogens is 1. The molecular formula is C24H24FN5OS. The predicted molar refractivity (Wildman–Crippen MR) is 122 cm³/mol. The van der Waals surface area contributed by atoms with Gasteiger partial charge in [-0.25, -0.2) is 4.39 Å². The molecule has 1 aliphatic rings. The Morgan fingerprint density at radius 3 is 2.47 bits per heavy atom. The summed E-state index contributed by atoms with van der Waals surface area (Å²) in [6.45, 7) is 1.80. The molecule has 0 saturated heterocycles. The number of benzene rings is 2. The van der Waals surface area contributed by atoms with Crippen LogP contribution in [0.1, 0.15) is 39.0 Å². The molecule has 32 heavy (non-hydrogen) atoms. The van der Waals surface area contributed by atoms with E-state index in [1.54, 1.807) is 19.1 Å². The van der Waals surface area contributed by atoms with Crippen molar-refractivity contribution in [1.82, 2.24) is 20.1 Å². The minimum Gasteiger partial charge on any atom is -0.337 e. The molecule has 1 saturated carbocycles. The normalized spacial score (nSPS) is 16.2. The summed E-state index contributed by atoms with van der Waals surface area (Å²) < 4.78 is 15.3. The molecule has 6 nitrogen and oxygen atoms in total. The highest BCUT2D eigenvalue weighted by Gasteiger charge is 2.35. The molecule has 0 aliphatic heterocycles. The molecule has 8 heteroatoms. The lowest BCUT2D eigenvalue weighted by Crippen LogP contribution is -2.50. The second-order valence-corrected chi connectivity index (χ2v) is 9.30. The number of carbonyl (C=O) groups excluding carboxylic acids is 1. The third kappa shape index (κ3) is 4.68. The molecule has 1 fully saturated rings. The van der Waals surface area contributed by atoms with E-state index in [1.807, 2.05) is 34.9 Å². The molecule has 1 aromatic heterocycles. The first-order valence-electron chi connectivity index (χ1n) is 10.7. The van der Waals surface area contributed by atoms with Gasteiger partial charge in [0.05, 0.1) is 11.3 Å². The number of nitriles is 1. The van der Waals surface area contributed by atoms with Gasteiger partial charge >= 0.3 is 0 Å². The van der Waals surface area contributed by atoms with Crippen LogP contribution in [-0.2, 0) is 4.79 Å². The highest BCUT2D eigenvalue weighted by molar-refractivity contribution is 8.00. The van der Waals surface area contributed by atoms with E-state index in [4.69, 9.17) is 0 Å². The van der Waals surface area contributed by atoms with Gasteiger partial charge in [0.15, 0.2) is 11.0 Å². The number of para-hydroxylation sites is 1. The molecular weight excluding hydrogens is 425 g/mol. The number of hydrogen-bond donors (Lipinski definition) is 1. The van der Waals surface area contributed by atoms with E-state index in [1.165, 1.54) is 23.9 Å². The molecule has 1 unspecified atom stereocenters. The van der Waals surface area contributed by atoms with Crippen molar-refractivity contribution in [2.75, 3.05) is 0 Å². The molecule has 0 spiro atoms. The SMILES string of the molecule is CC(Sc1nnc(-c2ccc(F)cc2)n1-c1ccccc1)C(=O)NC1(C#N)CCCCC1. The van der Waals surface area contributed by atoms with Gasteiger partial charge in [-0.1, -0.05) is 49.2 Å². The van der Waals surface area contributed by atoms with Crippen LogP contribution in [0.4, 0.5) is 4.39 Å². The summed E-state index contributed by atoms with van der Waals surface area (Å²) in [6, 6.07) is 18.0. The lowest BCUT2D eigenvalue weighted by molar-refractivity contribution is -0.121. The van der Waals surface area contributed by atoms with Crippen molar-refractivity contribution < 1.29 is 9.18 Å². The third-order valence-corrected chi connectivity index (χ3v) is 6.73. The van der Waals surface area contributed by atoms with E-state index >= 15 is 0 Å². The van der Waals surface area contributed by atoms with Gasteiger partial charge in [-0.15, -0.1) is 10.2 Å². The zero-order valence-electron chi connectivity index (χ0n) is 17.8. The number of amides is 1. The van der Waals surface area contributed by atoms with Crippen LogP contribution in [0.15, 0.2) is 59.8 Å². The first-order chi connectivity index (χ1) is 15.5. The lowest BCUT2D eigenvalue weighted by atomic mass is 9.83. The van der Waals surface area contributed by atoms with Crippen LogP contribution in [0.5, 0.6) is 0 Å². The summed E-state index contributed by atoms with van der Waals surface area (Å²) in [5.74, 6) is 0.0463. The molecule has 1 atom stereocenters. The Bertz CT molecular complexity index is 1120. The van der Waals surface area contributed by atoms with Crippen molar-refractivity contribution in [2.45, 2.75) is 55.0 Å². The molecule has 1 amide bonds. The molecule has 2 aromatic carbocycles. The van der Waals surface area contributed by atoms with Gasteiger partial charge < -0.3 is 5.32 Å². The van der Waals surface area contributed by atoms with Crippen molar-refractivity contribution in [3.8, 4) is 23.1 Å². The van der Waals surface area contributed by atoms with Crippen LogP contribution in [0, 0.1) is 17.1 Å². The highest BCUT2D eigenvalue weighted by Crippen LogP contribution is 2.32. The van der Waals surface area contributed by atoms with Crippen molar-refractivity contribution in [2.24, 2.45) is 0 Å². The minimum atomic E-state index is -0.781. The Hall–Kier alpha value is -3.18. The van der Waals surface area contributed by atoms with Crippen LogP contribution in [0.3, 0.4) is 0 Å². The van der Waals surface area contributed by atoms with Crippen molar-refractivity contribution in [3.63, 3.8) is 0 Å². The number of carbonyl (C=O) groups is 1. The summed E-state index contributed by atoms with van der Waals surface area (Å²) in [4.78, 5) is 13.0. The number of aromatic nitrogens is 3. The quantitative estimate of drug-likeness (QED) is 0.542. The second-order valence-electron chi connectivity index (χ2n) is 7.99. The minimum absolute atomic E-state index is 0.190. The van der Waals surface area contributed by atoms with Crippen molar-refractivity contribution in [3.05, 3.63) is 60.4 Å². The fourth-order valence-electron chi connectivity index (χ4n) is 3.91. The largest absolute Gasteiger partial charge is 0.337 e. The molecule has 3 aromatic rings. The maximum atomic E-state index is 13.4. The topological polar surface area (TPSA) is 83.6 Å². The Balaban J connectivity index is 1.61. The van der Waals surface area contributed by atoms with E-state index in [9.17, 15) is 14.4 Å². The van der Waals surface area contributed by atoms with E-state index in [0.29, 0.717) is 23.8 Å². The van der Waals surface area contributed by atoms with Gasteiger partial charge in [0.2, 0.25) is 5.91 Å². The fourth-order valence-corrected chi connectivity index (χ4v) is 4.78. The molecule has 0 bridgehead atoms. The van der Waals surface area contributed by atoms with Crippen LogP contribution < -0.4 is 5.32 Å². The van der Waals surface area contributed by atoms with Gasteiger partial charge in [-0.2, -0.15) is 5.26 Å². The van der Waals surface area contributed by atoms with Crippen molar-refractivity contribution in [1.29, 1.82) is 5.26 Å². The maximum absolute atomic E-state index is 13.4. The summed E-state index contributed by atoms with van der Waals surface area (Å²) >= 11 is 1.28. The van der Waals surface area contributed by atoms with Gasteiger partial charge in [0.1, 0.15) is 11.4 Å². The first-order valence-corrected chi connectivity index (χ1v) is 11.6. The first kappa shape index (κ1) is 22.0. The Morgan fingerprint density at radius 2 is 1.81 bits per heavy atom. The molecule has 0 radical (unpaired) electrons. The molecule has 1 N–H and O–H groups in total. The Kier molecular flexibility index (Phi) is 6.56. The van der Waals surface area contributed by atoms with Gasteiger partial charge in [-0.05, 0) is 56.2 Å². The smallest absolute Gasteiger partial charge is 0.234 e. The van der Waals surface area contributed by atoms with Crippen LogP contribution in [-0.4, -0.2) is 31.5 Å². The van der Waals surface area contributed by atoms with Gasteiger partial charge in [0.25, 0.3) is 0 Å². The highest BCUT2D eigenvalue weighted by atomic mass is 32.2. The molecule has 1 aliphatic carbocycles. The zero-order valence-corrected chi connectivity index (χ0v) is 18.6. The van der Waals surface area contributed by atoms with E-state index in [-0.39, 0.29) is 11.7 Å². The Morgan fingerprint density at radius 1 is 1.12 bits per heavy atom. The number of nitrogens with zero attached hydrogens (tertiary/aromatic N) is 4. The fraction of sp³-hybridized carbons (Fsp3) is 0.333.